The maximum absolute atomic E-state index is 12.2. The van der Waals surface area contributed by atoms with Gasteiger partial charge in [-0.2, -0.15) is 0 Å². The van der Waals surface area contributed by atoms with Gasteiger partial charge in [0, 0.05) is 57.0 Å². The van der Waals surface area contributed by atoms with Crippen LogP contribution in [0.15, 0.2) is 36.8 Å². The van der Waals surface area contributed by atoms with Gasteiger partial charge in [0.1, 0.15) is 18.0 Å². The number of nitrogens with zero attached hydrogens (tertiary/aromatic N) is 4. The molecule has 1 amide bonds. The van der Waals surface area contributed by atoms with Crippen molar-refractivity contribution in [3.8, 4) is 0 Å². The lowest BCUT2D eigenvalue weighted by molar-refractivity contribution is -0.121. The zero-order valence-electron chi connectivity index (χ0n) is 16.6. The van der Waals surface area contributed by atoms with Crippen molar-refractivity contribution < 1.29 is 4.79 Å². The van der Waals surface area contributed by atoms with Crippen LogP contribution in [0.25, 0.3) is 0 Å². The standard InChI is InChI=1S/C21H30N6O/c1-2-22-19-14-20(26-16-25-19)27-13-5-6-17(15-27)8-9-21(28)24-12-10-18-7-3-4-11-23-18/h3-4,7,11,14,16-17H,2,5-6,8-10,12-13,15H2,1H3,(H,24,28)(H,22,25,26)/t17-/m1/s1. The molecule has 2 N–H and O–H groups in total. The first-order chi connectivity index (χ1) is 13.7. The van der Waals surface area contributed by atoms with Gasteiger partial charge in [0.15, 0.2) is 0 Å². The lowest BCUT2D eigenvalue weighted by Crippen LogP contribution is -2.36. The van der Waals surface area contributed by atoms with E-state index in [4.69, 9.17) is 0 Å². The Balaban J connectivity index is 1.41. The molecule has 28 heavy (non-hydrogen) atoms. The number of piperidine rings is 1. The second-order valence-electron chi connectivity index (χ2n) is 7.21. The molecular formula is C21H30N6O. The van der Waals surface area contributed by atoms with Crippen molar-refractivity contribution in [1.82, 2.24) is 20.3 Å². The summed E-state index contributed by atoms with van der Waals surface area (Å²) in [6.45, 7) is 5.49. The molecule has 0 saturated carbocycles. The van der Waals surface area contributed by atoms with E-state index >= 15 is 0 Å². The molecule has 1 aliphatic rings. The molecule has 0 unspecified atom stereocenters. The quantitative estimate of drug-likeness (QED) is 0.694. The predicted octanol–water partition coefficient (Wildman–Crippen LogP) is 2.66. The summed E-state index contributed by atoms with van der Waals surface area (Å²) in [6.07, 6.45) is 7.96. The molecule has 2 aromatic heterocycles. The highest BCUT2D eigenvalue weighted by Crippen LogP contribution is 2.25. The number of amides is 1. The number of carbonyl (C=O) groups excluding carboxylic acids is 1. The molecule has 3 rings (SSSR count). The van der Waals surface area contributed by atoms with Crippen LogP contribution >= 0.6 is 0 Å². The van der Waals surface area contributed by atoms with E-state index in [1.54, 1.807) is 12.5 Å². The van der Waals surface area contributed by atoms with E-state index < -0.39 is 0 Å². The van der Waals surface area contributed by atoms with E-state index in [0.717, 1.165) is 56.2 Å². The molecule has 2 aromatic rings. The summed E-state index contributed by atoms with van der Waals surface area (Å²) in [4.78, 5) is 27.4. The highest BCUT2D eigenvalue weighted by molar-refractivity contribution is 5.75. The molecule has 1 fully saturated rings. The van der Waals surface area contributed by atoms with Crippen molar-refractivity contribution in [2.75, 3.05) is 36.4 Å². The summed E-state index contributed by atoms with van der Waals surface area (Å²) in [7, 11) is 0. The Labute approximate surface area is 167 Å². The summed E-state index contributed by atoms with van der Waals surface area (Å²) in [6, 6.07) is 7.86. The third-order valence-electron chi connectivity index (χ3n) is 5.06. The zero-order valence-corrected chi connectivity index (χ0v) is 16.6. The number of carbonyl (C=O) groups is 1. The maximum Gasteiger partial charge on any atom is 0.220 e. The fourth-order valence-corrected chi connectivity index (χ4v) is 3.61. The third kappa shape index (κ3) is 6.18. The molecule has 7 heteroatoms. The Bertz CT molecular complexity index is 739. The SMILES string of the molecule is CCNc1cc(N2CCC[C@H](CCC(=O)NCCc3ccccn3)C2)ncn1. The Hall–Kier alpha value is -2.70. The smallest absolute Gasteiger partial charge is 0.220 e. The number of hydrogen-bond acceptors (Lipinski definition) is 6. The topological polar surface area (TPSA) is 83.0 Å². The minimum atomic E-state index is 0.129. The minimum Gasteiger partial charge on any atom is -0.370 e. The van der Waals surface area contributed by atoms with Crippen LogP contribution in [0.4, 0.5) is 11.6 Å². The van der Waals surface area contributed by atoms with Crippen LogP contribution in [0.1, 0.15) is 38.3 Å². The van der Waals surface area contributed by atoms with E-state index in [9.17, 15) is 4.79 Å². The van der Waals surface area contributed by atoms with Crippen molar-refractivity contribution in [3.05, 3.63) is 42.5 Å². The van der Waals surface area contributed by atoms with E-state index in [-0.39, 0.29) is 5.91 Å². The van der Waals surface area contributed by atoms with Crippen LogP contribution in [0.3, 0.4) is 0 Å². The molecule has 150 valence electrons. The van der Waals surface area contributed by atoms with Crippen LogP contribution in [0, 0.1) is 5.92 Å². The largest absolute Gasteiger partial charge is 0.370 e. The summed E-state index contributed by atoms with van der Waals surface area (Å²) >= 11 is 0. The fourth-order valence-electron chi connectivity index (χ4n) is 3.61. The fraction of sp³-hybridized carbons (Fsp3) is 0.524. The first kappa shape index (κ1) is 20.0. The van der Waals surface area contributed by atoms with Crippen molar-refractivity contribution in [2.24, 2.45) is 5.92 Å². The van der Waals surface area contributed by atoms with Gasteiger partial charge in [0.05, 0.1) is 0 Å². The van der Waals surface area contributed by atoms with Gasteiger partial charge in [-0.1, -0.05) is 6.07 Å². The number of hydrogen-bond donors (Lipinski definition) is 2. The summed E-state index contributed by atoms with van der Waals surface area (Å²) in [5.74, 6) is 2.48. The second-order valence-corrected chi connectivity index (χ2v) is 7.21. The van der Waals surface area contributed by atoms with Crippen molar-refractivity contribution in [1.29, 1.82) is 0 Å². The molecule has 0 spiro atoms. The molecule has 7 nitrogen and oxygen atoms in total. The number of aromatic nitrogens is 3. The third-order valence-corrected chi connectivity index (χ3v) is 5.06. The lowest BCUT2D eigenvalue weighted by Gasteiger charge is -2.33. The van der Waals surface area contributed by atoms with Gasteiger partial charge in [-0.3, -0.25) is 9.78 Å². The average molecular weight is 383 g/mol. The first-order valence-corrected chi connectivity index (χ1v) is 10.2. The summed E-state index contributed by atoms with van der Waals surface area (Å²) < 4.78 is 0. The number of nitrogens with one attached hydrogen (secondary N) is 2. The predicted molar refractivity (Wildman–Crippen MR) is 111 cm³/mol. The molecule has 1 atom stereocenters. The Kier molecular flexibility index (Phi) is 7.58. The van der Waals surface area contributed by atoms with Crippen LogP contribution in [0.2, 0.25) is 0 Å². The van der Waals surface area contributed by atoms with Gasteiger partial charge in [-0.05, 0) is 44.2 Å². The normalized spacial score (nSPS) is 16.6. The zero-order chi connectivity index (χ0) is 19.6. The first-order valence-electron chi connectivity index (χ1n) is 10.2. The molecular weight excluding hydrogens is 352 g/mol. The van der Waals surface area contributed by atoms with E-state index in [2.05, 4.69) is 37.4 Å². The highest BCUT2D eigenvalue weighted by Gasteiger charge is 2.22. The molecule has 0 aromatic carbocycles. The molecule has 0 radical (unpaired) electrons. The lowest BCUT2D eigenvalue weighted by atomic mass is 9.93. The summed E-state index contributed by atoms with van der Waals surface area (Å²) in [5.41, 5.74) is 1.01. The van der Waals surface area contributed by atoms with Crippen LogP contribution in [0.5, 0.6) is 0 Å². The van der Waals surface area contributed by atoms with Crippen LogP contribution in [-0.4, -0.2) is 47.0 Å². The second kappa shape index (κ2) is 10.6. The minimum absolute atomic E-state index is 0.129. The van der Waals surface area contributed by atoms with Crippen LogP contribution in [-0.2, 0) is 11.2 Å². The van der Waals surface area contributed by atoms with E-state index in [1.807, 2.05) is 24.3 Å². The molecule has 1 saturated heterocycles. The number of rotatable bonds is 9. The van der Waals surface area contributed by atoms with Crippen LogP contribution < -0.4 is 15.5 Å². The Morgan fingerprint density at radius 3 is 3.04 bits per heavy atom. The molecule has 0 aliphatic carbocycles. The van der Waals surface area contributed by atoms with Gasteiger partial charge in [-0.15, -0.1) is 0 Å². The molecule has 0 bridgehead atoms. The van der Waals surface area contributed by atoms with Gasteiger partial charge in [-0.25, -0.2) is 9.97 Å². The van der Waals surface area contributed by atoms with Gasteiger partial charge in [0.25, 0.3) is 0 Å². The van der Waals surface area contributed by atoms with E-state index in [1.165, 1.54) is 6.42 Å². The number of pyridine rings is 1. The Morgan fingerprint density at radius 2 is 2.21 bits per heavy atom. The van der Waals surface area contributed by atoms with Gasteiger partial charge < -0.3 is 15.5 Å². The van der Waals surface area contributed by atoms with Gasteiger partial charge >= 0.3 is 0 Å². The maximum atomic E-state index is 12.2. The number of anilines is 2. The van der Waals surface area contributed by atoms with E-state index in [0.29, 0.717) is 18.9 Å². The molecule has 1 aliphatic heterocycles. The van der Waals surface area contributed by atoms with Crippen molar-refractivity contribution in [2.45, 2.75) is 39.0 Å². The van der Waals surface area contributed by atoms with Gasteiger partial charge in [0.2, 0.25) is 5.91 Å². The monoisotopic (exact) mass is 382 g/mol. The molecule has 3 heterocycles. The Morgan fingerprint density at radius 1 is 1.29 bits per heavy atom. The van der Waals surface area contributed by atoms with Crippen molar-refractivity contribution >= 4 is 17.5 Å². The average Bonchev–Trinajstić information content (AvgIpc) is 2.74. The summed E-state index contributed by atoms with van der Waals surface area (Å²) in [5, 5.41) is 6.25. The highest BCUT2D eigenvalue weighted by atomic mass is 16.1. The van der Waals surface area contributed by atoms with Crippen molar-refractivity contribution in [3.63, 3.8) is 0 Å².